The smallest absolute Gasteiger partial charge is 0.0605 e. The molecule has 2 bridgehead atoms. The van der Waals surface area contributed by atoms with Crippen molar-refractivity contribution in [3.63, 3.8) is 0 Å². The van der Waals surface area contributed by atoms with Gasteiger partial charge in [-0.15, -0.1) is 0 Å². The monoisotopic (exact) mass is 154 g/mol. The van der Waals surface area contributed by atoms with Crippen molar-refractivity contribution >= 4 is 0 Å². The molecule has 5 unspecified atom stereocenters. The summed E-state index contributed by atoms with van der Waals surface area (Å²) in [5.41, 5.74) is 0. The molecule has 0 N–H and O–H groups in total. The van der Waals surface area contributed by atoms with Crippen molar-refractivity contribution in [2.45, 2.75) is 32.8 Å². The number of hydrogen-bond acceptors (Lipinski definition) is 1. The molecular weight excluding hydrogens is 136 g/mol. The predicted octanol–water partition coefficient (Wildman–Crippen LogP) is 2.31. The van der Waals surface area contributed by atoms with E-state index < -0.39 is 0 Å². The molecule has 0 aromatic heterocycles. The zero-order valence-electron chi connectivity index (χ0n) is 7.71. The topological polar surface area (TPSA) is 9.23 Å². The summed E-state index contributed by atoms with van der Waals surface area (Å²) in [7, 11) is 1.86. The first kappa shape index (κ1) is 7.60. The summed E-state index contributed by atoms with van der Waals surface area (Å²) < 4.78 is 5.46. The van der Waals surface area contributed by atoms with Gasteiger partial charge < -0.3 is 4.74 Å². The van der Waals surface area contributed by atoms with E-state index in [0.717, 1.165) is 23.7 Å². The Hall–Kier alpha value is -0.0400. The lowest BCUT2D eigenvalue weighted by atomic mass is 9.80. The molecule has 0 aliphatic heterocycles. The van der Waals surface area contributed by atoms with Crippen molar-refractivity contribution in [1.82, 2.24) is 0 Å². The maximum Gasteiger partial charge on any atom is 0.0605 e. The third kappa shape index (κ3) is 0.936. The minimum atomic E-state index is 0.589. The van der Waals surface area contributed by atoms with Crippen LogP contribution in [0.25, 0.3) is 0 Å². The van der Waals surface area contributed by atoms with E-state index in [4.69, 9.17) is 4.74 Å². The van der Waals surface area contributed by atoms with E-state index in [-0.39, 0.29) is 0 Å². The van der Waals surface area contributed by atoms with Crippen LogP contribution in [-0.4, -0.2) is 13.2 Å². The van der Waals surface area contributed by atoms with Crippen molar-refractivity contribution in [1.29, 1.82) is 0 Å². The summed E-state index contributed by atoms with van der Waals surface area (Å²) in [4.78, 5) is 0. The number of fused-ring (bicyclic) bond motifs is 2. The van der Waals surface area contributed by atoms with Crippen LogP contribution in [0.15, 0.2) is 0 Å². The van der Waals surface area contributed by atoms with E-state index in [1.807, 2.05) is 7.11 Å². The average Bonchev–Trinajstić information content (AvgIpc) is 2.53. The van der Waals surface area contributed by atoms with Crippen LogP contribution in [0.2, 0.25) is 0 Å². The van der Waals surface area contributed by atoms with Gasteiger partial charge in [-0.25, -0.2) is 0 Å². The number of hydrogen-bond donors (Lipinski definition) is 0. The number of methoxy groups -OCH3 is 1. The van der Waals surface area contributed by atoms with Crippen molar-refractivity contribution in [3.05, 3.63) is 0 Å². The molecule has 1 heteroatoms. The molecular formula is C10H18O. The second-order valence-corrected chi connectivity index (χ2v) is 4.39. The lowest BCUT2D eigenvalue weighted by molar-refractivity contribution is 0.0227. The van der Waals surface area contributed by atoms with Gasteiger partial charge in [0, 0.05) is 7.11 Å². The largest absolute Gasteiger partial charge is 0.381 e. The van der Waals surface area contributed by atoms with Gasteiger partial charge in [-0.05, 0) is 36.5 Å². The van der Waals surface area contributed by atoms with E-state index in [1.54, 1.807) is 0 Å². The average molecular weight is 154 g/mol. The molecule has 2 saturated carbocycles. The van der Waals surface area contributed by atoms with E-state index in [9.17, 15) is 0 Å². The summed E-state index contributed by atoms with van der Waals surface area (Å²) in [6, 6.07) is 0. The first-order chi connectivity index (χ1) is 5.24. The third-order valence-corrected chi connectivity index (χ3v) is 4.14. The molecule has 1 nitrogen and oxygen atoms in total. The van der Waals surface area contributed by atoms with Crippen LogP contribution in [0, 0.1) is 23.7 Å². The van der Waals surface area contributed by atoms with Gasteiger partial charge in [0.2, 0.25) is 0 Å². The SMILES string of the molecule is COC1CC2CC1C(C)C2C. The van der Waals surface area contributed by atoms with Crippen LogP contribution >= 0.6 is 0 Å². The van der Waals surface area contributed by atoms with E-state index in [0.29, 0.717) is 6.10 Å². The summed E-state index contributed by atoms with van der Waals surface area (Å²) >= 11 is 0. The number of ether oxygens (including phenoxy) is 1. The summed E-state index contributed by atoms with van der Waals surface area (Å²) in [6.07, 6.45) is 3.35. The number of rotatable bonds is 1. The highest BCUT2D eigenvalue weighted by Gasteiger charge is 2.48. The van der Waals surface area contributed by atoms with Crippen LogP contribution < -0.4 is 0 Å². The maximum atomic E-state index is 5.46. The summed E-state index contributed by atoms with van der Waals surface area (Å²) in [5.74, 6) is 3.70. The Morgan fingerprint density at radius 1 is 1.09 bits per heavy atom. The molecule has 2 rings (SSSR count). The van der Waals surface area contributed by atoms with Crippen LogP contribution in [0.4, 0.5) is 0 Å². The second kappa shape index (κ2) is 2.48. The highest BCUT2D eigenvalue weighted by atomic mass is 16.5. The zero-order valence-corrected chi connectivity index (χ0v) is 7.71. The molecule has 0 aromatic rings. The minimum absolute atomic E-state index is 0.589. The lowest BCUT2D eigenvalue weighted by Gasteiger charge is -2.30. The molecule has 0 spiro atoms. The molecule has 0 radical (unpaired) electrons. The zero-order chi connectivity index (χ0) is 8.01. The Bertz CT molecular complexity index is 149. The summed E-state index contributed by atoms with van der Waals surface area (Å²) in [6.45, 7) is 4.79. The molecule has 5 atom stereocenters. The van der Waals surface area contributed by atoms with E-state index in [2.05, 4.69) is 13.8 Å². The third-order valence-electron chi connectivity index (χ3n) is 4.14. The van der Waals surface area contributed by atoms with Crippen LogP contribution in [0.1, 0.15) is 26.7 Å². The first-order valence-corrected chi connectivity index (χ1v) is 4.76. The normalized spacial score (nSPS) is 55.4. The van der Waals surface area contributed by atoms with Gasteiger partial charge in [0.25, 0.3) is 0 Å². The standard InChI is InChI=1S/C10H18O/c1-6-7(2)9-4-8(6)5-10(9)11-3/h6-10H,4-5H2,1-3H3. The first-order valence-electron chi connectivity index (χ1n) is 4.76. The van der Waals surface area contributed by atoms with Crippen LogP contribution in [0.3, 0.4) is 0 Å². The minimum Gasteiger partial charge on any atom is -0.381 e. The fraction of sp³-hybridized carbons (Fsp3) is 1.00. The Morgan fingerprint density at radius 2 is 1.82 bits per heavy atom. The Morgan fingerprint density at radius 3 is 2.27 bits per heavy atom. The molecule has 0 amide bonds. The highest BCUT2D eigenvalue weighted by Crippen LogP contribution is 2.52. The molecule has 2 aliphatic carbocycles. The molecule has 2 fully saturated rings. The predicted molar refractivity (Wildman–Crippen MR) is 45.3 cm³/mol. The van der Waals surface area contributed by atoms with Gasteiger partial charge in [0.15, 0.2) is 0 Å². The maximum absolute atomic E-state index is 5.46. The Balaban J connectivity index is 2.10. The van der Waals surface area contributed by atoms with E-state index in [1.165, 1.54) is 12.8 Å². The van der Waals surface area contributed by atoms with Crippen LogP contribution in [0.5, 0.6) is 0 Å². The molecule has 0 saturated heterocycles. The van der Waals surface area contributed by atoms with E-state index >= 15 is 0 Å². The molecule has 11 heavy (non-hydrogen) atoms. The molecule has 0 heterocycles. The lowest BCUT2D eigenvalue weighted by Crippen LogP contribution is -2.29. The molecule has 64 valence electrons. The van der Waals surface area contributed by atoms with Gasteiger partial charge in [0.1, 0.15) is 0 Å². The molecule has 0 aromatic carbocycles. The molecule has 2 aliphatic rings. The highest BCUT2D eigenvalue weighted by molar-refractivity contribution is 4.98. The quantitative estimate of drug-likeness (QED) is 0.563. The van der Waals surface area contributed by atoms with Gasteiger partial charge in [-0.2, -0.15) is 0 Å². The van der Waals surface area contributed by atoms with Crippen molar-refractivity contribution in [3.8, 4) is 0 Å². The summed E-state index contributed by atoms with van der Waals surface area (Å²) in [5, 5.41) is 0. The van der Waals surface area contributed by atoms with Crippen molar-refractivity contribution < 1.29 is 4.74 Å². The Labute approximate surface area is 69.1 Å². The van der Waals surface area contributed by atoms with Gasteiger partial charge >= 0.3 is 0 Å². The van der Waals surface area contributed by atoms with Gasteiger partial charge in [-0.3, -0.25) is 0 Å². The van der Waals surface area contributed by atoms with Gasteiger partial charge in [-0.1, -0.05) is 13.8 Å². The van der Waals surface area contributed by atoms with Gasteiger partial charge in [0.05, 0.1) is 6.10 Å². The van der Waals surface area contributed by atoms with Crippen molar-refractivity contribution in [2.24, 2.45) is 23.7 Å². The second-order valence-electron chi connectivity index (χ2n) is 4.39. The van der Waals surface area contributed by atoms with Crippen molar-refractivity contribution in [2.75, 3.05) is 7.11 Å². The fourth-order valence-corrected chi connectivity index (χ4v) is 3.14. The van der Waals surface area contributed by atoms with Crippen LogP contribution in [-0.2, 0) is 4.74 Å². The Kier molecular flexibility index (Phi) is 1.71. The fourth-order valence-electron chi connectivity index (χ4n) is 3.14.